The lowest BCUT2D eigenvalue weighted by molar-refractivity contribution is 0.171. The second-order valence-corrected chi connectivity index (χ2v) is 5.01. The van der Waals surface area contributed by atoms with Crippen molar-refractivity contribution in [1.29, 1.82) is 0 Å². The fourth-order valence-electron chi connectivity index (χ4n) is 1.89. The third-order valence-electron chi connectivity index (χ3n) is 2.95. The molecule has 0 saturated heterocycles. The van der Waals surface area contributed by atoms with Crippen LogP contribution in [0.2, 0.25) is 5.02 Å². The average Bonchev–Trinajstić information content (AvgIpc) is 2.35. The molecule has 1 aliphatic rings. The van der Waals surface area contributed by atoms with E-state index in [1.165, 1.54) is 5.57 Å². The van der Waals surface area contributed by atoms with Gasteiger partial charge in [-0.3, -0.25) is 0 Å². The van der Waals surface area contributed by atoms with Gasteiger partial charge < -0.3 is 15.2 Å². The summed E-state index contributed by atoms with van der Waals surface area (Å²) in [5, 5.41) is 0.582. The Kier molecular flexibility index (Phi) is 4.15. The van der Waals surface area contributed by atoms with Crippen LogP contribution in [0, 0.1) is 5.92 Å². The Balaban J connectivity index is 2.38. The second-order valence-electron chi connectivity index (χ2n) is 4.60. The molecule has 2 N–H and O–H groups in total. The largest absolute Gasteiger partial charge is 0.486 e. The molecule has 0 aliphatic carbocycles. The van der Waals surface area contributed by atoms with Crippen molar-refractivity contribution in [3.8, 4) is 11.5 Å². The van der Waals surface area contributed by atoms with Gasteiger partial charge >= 0.3 is 0 Å². The van der Waals surface area contributed by atoms with Gasteiger partial charge in [0.15, 0.2) is 11.5 Å². The molecular weight excluding hydrogens is 250 g/mol. The highest BCUT2D eigenvalue weighted by molar-refractivity contribution is 6.32. The number of hydrogen-bond donors (Lipinski definition) is 1. The summed E-state index contributed by atoms with van der Waals surface area (Å²) in [6, 6.07) is 3.82. The maximum absolute atomic E-state index is 6.19. The SMILES string of the molecule is CC(C)C(=Cc1cc(Cl)c2c(c1)OCCO2)CN. The Bertz CT molecular complexity index is 469. The highest BCUT2D eigenvalue weighted by atomic mass is 35.5. The molecule has 4 heteroatoms. The lowest BCUT2D eigenvalue weighted by Gasteiger charge is -2.20. The van der Waals surface area contributed by atoms with Gasteiger partial charge in [-0.25, -0.2) is 0 Å². The van der Waals surface area contributed by atoms with Crippen molar-refractivity contribution in [2.45, 2.75) is 13.8 Å². The van der Waals surface area contributed by atoms with E-state index >= 15 is 0 Å². The molecule has 1 aliphatic heterocycles. The molecule has 0 unspecified atom stereocenters. The molecule has 1 aromatic rings. The lowest BCUT2D eigenvalue weighted by Crippen LogP contribution is -2.15. The van der Waals surface area contributed by atoms with Crippen molar-refractivity contribution in [2.75, 3.05) is 19.8 Å². The first-order valence-electron chi connectivity index (χ1n) is 6.11. The van der Waals surface area contributed by atoms with Gasteiger partial charge in [-0.1, -0.05) is 37.1 Å². The van der Waals surface area contributed by atoms with Crippen LogP contribution in [0.5, 0.6) is 11.5 Å². The van der Waals surface area contributed by atoms with Crippen molar-refractivity contribution in [1.82, 2.24) is 0 Å². The number of hydrogen-bond acceptors (Lipinski definition) is 3. The van der Waals surface area contributed by atoms with Gasteiger partial charge in [0, 0.05) is 6.54 Å². The van der Waals surface area contributed by atoms with Crippen molar-refractivity contribution < 1.29 is 9.47 Å². The highest BCUT2D eigenvalue weighted by Crippen LogP contribution is 2.38. The normalized spacial score (nSPS) is 15.1. The van der Waals surface area contributed by atoms with Crippen molar-refractivity contribution in [2.24, 2.45) is 11.7 Å². The quantitative estimate of drug-likeness (QED) is 0.915. The number of rotatable bonds is 3. The van der Waals surface area contributed by atoms with Gasteiger partial charge in [0.1, 0.15) is 13.2 Å². The van der Waals surface area contributed by atoms with Crippen LogP contribution in [-0.4, -0.2) is 19.8 Å². The topological polar surface area (TPSA) is 44.5 Å². The molecule has 3 nitrogen and oxygen atoms in total. The second kappa shape index (κ2) is 5.63. The van der Waals surface area contributed by atoms with E-state index in [2.05, 4.69) is 19.9 Å². The van der Waals surface area contributed by atoms with Crippen LogP contribution in [0.15, 0.2) is 17.7 Å². The van der Waals surface area contributed by atoms with Gasteiger partial charge in [-0.2, -0.15) is 0 Å². The summed E-state index contributed by atoms with van der Waals surface area (Å²) >= 11 is 6.19. The predicted molar refractivity (Wildman–Crippen MR) is 74.3 cm³/mol. The molecule has 0 spiro atoms. The highest BCUT2D eigenvalue weighted by Gasteiger charge is 2.16. The lowest BCUT2D eigenvalue weighted by atomic mass is 10.0. The Labute approximate surface area is 113 Å². The van der Waals surface area contributed by atoms with Crippen LogP contribution >= 0.6 is 11.6 Å². The predicted octanol–water partition coefficient (Wildman–Crippen LogP) is 3.11. The Morgan fingerprint density at radius 2 is 2.11 bits per heavy atom. The van der Waals surface area contributed by atoms with Gasteiger partial charge in [-0.05, 0) is 23.6 Å². The number of nitrogens with two attached hydrogens (primary N) is 1. The van der Waals surface area contributed by atoms with Gasteiger partial charge in [0.05, 0.1) is 5.02 Å². The first-order chi connectivity index (χ1) is 8.61. The average molecular weight is 268 g/mol. The molecule has 0 atom stereocenters. The van der Waals surface area contributed by atoms with Gasteiger partial charge in [-0.15, -0.1) is 0 Å². The monoisotopic (exact) mass is 267 g/mol. The van der Waals surface area contributed by atoms with E-state index in [0.29, 0.717) is 42.2 Å². The molecule has 2 rings (SSSR count). The maximum Gasteiger partial charge on any atom is 0.179 e. The summed E-state index contributed by atoms with van der Waals surface area (Å²) in [5.74, 6) is 1.76. The molecule has 0 fully saturated rings. The van der Waals surface area contributed by atoms with E-state index in [1.807, 2.05) is 12.1 Å². The summed E-state index contributed by atoms with van der Waals surface area (Å²) in [6.07, 6.45) is 2.06. The van der Waals surface area contributed by atoms with Crippen LogP contribution in [0.3, 0.4) is 0 Å². The van der Waals surface area contributed by atoms with E-state index < -0.39 is 0 Å². The molecule has 18 heavy (non-hydrogen) atoms. The summed E-state index contributed by atoms with van der Waals surface area (Å²) < 4.78 is 11.0. The van der Waals surface area contributed by atoms with Crippen LogP contribution in [0.4, 0.5) is 0 Å². The zero-order valence-corrected chi connectivity index (χ0v) is 11.5. The molecule has 0 saturated carbocycles. The molecule has 0 bridgehead atoms. The molecule has 0 radical (unpaired) electrons. The fourth-order valence-corrected chi connectivity index (χ4v) is 2.16. The maximum atomic E-state index is 6.19. The minimum Gasteiger partial charge on any atom is -0.486 e. The smallest absolute Gasteiger partial charge is 0.179 e. The minimum absolute atomic E-state index is 0.418. The van der Waals surface area contributed by atoms with E-state index in [4.69, 9.17) is 26.8 Å². The molecule has 0 aromatic heterocycles. The standard InChI is InChI=1S/C14H18ClNO2/c1-9(2)11(8-16)5-10-6-12(15)14-13(7-10)17-3-4-18-14/h5-7,9H,3-4,8,16H2,1-2H3. The number of benzene rings is 1. The first kappa shape index (κ1) is 13.2. The third kappa shape index (κ3) is 2.79. The Hall–Kier alpha value is -1.19. The minimum atomic E-state index is 0.418. The molecule has 1 aromatic carbocycles. The molecule has 98 valence electrons. The summed E-state index contributed by atoms with van der Waals surface area (Å²) in [5.41, 5.74) is 7.92. The van der Waals surface area contributed by atoms with E-state index in [0.717, 1.165) is 5.56 Å². The number of ether oxygens (including phenoxy) is 2. The number of halogens is 1. The summed E-state index contributed by atoms with van der Waals surface area (Å²) in [6.45, 7) is 5.90. The van der Waals surface area contributed by atoms with Crippen LogP contribution in [0.25, 0.3) is 6.08 Å². The van der Waals surface area contributed by atoms with Gasteiger partial charge in [0.25, 0.3) is 0 Å². The summed E-state index contributed by atoms with van der Waals surface area (Å²) in [4.78, 5) is 0. The van der Waals surface area contributed by atoms with Gasteiger partial charge in [0.2, 0.25) is 0 Å². The zero-order chi connectivity index (χ0) is 13.1. The van der Waals surface area contributed by atoms with Crippen LogP contribution in [0.1, 0.15) is 19.4 Å². The van der Waals surface area contributed by atoms with Crippen molar-refractivity contribution in [3.05, 3.63) is 28.3 Å². The molecular formula is C14H18ClNO2. The van der Waals surface area contributed by atoms with Crippen molar-refractivity contribution >= 4 is 17.7 Å². The van der Waals surface area contributed by atoms with Crippen LogP contribution < -0.4 is 15.2 Å². The van der Waals surface area contributed by atoms with E-state index in [9.17, 15) is 0 Å². The number of fused-ring (bicyclic) bond motifs is 1. The summed E-state index contributed by atoms with van der Waals surface area (Å²) in [7, 11) is 0. The van der Waals surface area contributed by atoms with E-state index in [1.54, 1.807) is 0 Å². The van der Waals surface area contributed by atoms with Crippen molar-refractivity contribution in [3.63, 3.8) is 0 Å². The fraction of sp³-hybridized carbons (Fsp3) is 0.429. The molecule has 0 amide bonds. The van der Waals surface area contributed by atoms with E-state index in [-0.39, 0.29) is 0 Å². The molecule has 1 heterocycles. The zero-order valence-electron chi connectivity index (χ0n) is 10.7. The van der Waals surface area contributed by atoms with Crippen LogP contribution in [-0.2, 0) is 0 Å². The third-order valence-corrected chi connectivity index (χ3v) is 3.23. The first-order valence-corrected chi connectivity index (χ1v) is 6.49. The Morgan fingerprint density at radius 3 is 2.78 bits per heavy atom. The Morgan fingerprint density at radius 1 is 1.39 bits per heavy atom.